The summed E-state index contributed by atoms with van der Waals surface area (Å²) >= 11 is 14.6. The zero-order chi connectivity index (χ0) is 20.1. The van der Waals surface area contributed by atoms with Gasteiger partial charge in [-0.15, -0.1) is 11.3 Å². The summed E-state index contributed by atoms with van der Waals surface area (Å²) in [5.74, 6) is -0.513. The van der Waals surface area contributed by atoms with Crippen molar-refractivity contribution in [3.05, 3.63) is 61.1 Å². The van der Waals surface area contributed by atoms with Crippen LogP contribution < -0.4 is 5.32 Å². The van der Waals surface area contributed by atoms with Crippen LogP contribution in [0.3, 0.4) is 0 Å². The monoisotopic (exact) mass is 454 g/mol. The smallest absolute Gasteiger partial charge is 0.293 e. The van der Waals surface area contributed by atoms with Gasteiger partial charge in [0.1, 0.15) is 0 Å². The van der Waals surface area contributed by atoms with E-state index in [1.807, 2.05) is 17.5 Å². The highest BCUT2D eigenvalue weighted by Gasteiger charge is 2.34. The van der Waals surface area contributed by atoms with E-state index in [9.17, 15) is 14.4 Å². The third-order valence-electron chi connectivity index (χ3n) is 3.98. The van der Waals surface area contributed by atoms with Gasteiger partial charge in [-0.3, -0.25) is 19.3 Å². The minimum atomic E-state index is -0.404. The highest BCUT2D eigenvalue weighted by molar-refractivity contribution is 8.18. The molecule has 1 saturated heterocycles. The molecule has 1 N–H and O–H groups in total. The third kappa shape index (κ3) is 5.17. The number of nitrogens with zero attached hydrogens (tertiary/aromatic N) is 1. The van der Waals surface area contributed by atoms with Crippen molar-refractivity contribution in [3.8, 4) is 0 Å². The molecule has 1 fully saturated rings. The molecule has 0 unspecified atom stereocenters. The number of amides is 3. The van der Waals surface area contributed by atoms with Gasteiger partial charge in [-0.25, -0.2) is 0 Å². The first kappa shape index (κ1) is 20.9. The van der Waals surface area contributed by atoms with Crippen LogP contribution in [0.5, 0.6) is 0 Å². The molecule has 0 aliphatic carbocycles. The van der Waals surface area contributed by atoms with Gasteiger partial charge in [-0.2, -0.15) is 0 Å². The lowest BCUT2D eigenvalue weighted by atomic mass is 10.2. The van der Waals surface area contributed by atoms with Gasteiger partial charge >= 0.3 is 0 Å². The zero-order valence-electron chi connectivity index (χ0n) is 14.6. The molecule has 0 spiro atoms. The molecule has 146 valence electrons. The van der Waals surface area contributed by atoms with Crippen molar-refractivity contribution in [2.24, 2.45) is 0 Å². The van der Waals surface area contributed by atoms with E-state index in [1.54, 1.807) is 35.6 Å². The minimum absolute atomic E-state index is 0.110. The molecule has 5 nitrogen and oxygen atoms in total. The number of nitrogens with one attached hydrogen (secondary N) is 1. The number of hydrogen-bond donors (Lipinski definition) is 1. The Morgan fingerprint density at radius 3 is 2.75 bits per heavy atom. The van der Waals surface area contributed by atoms with E-state index in [4.69, 9.17) is 23.2 Å². The molecule has 1 aromatic carbocycles. The molecule has 1 aliphatic rings. The van der Waals surface area contributed by atoms with E-state index in [1.165, 1.54) is 0 Å². The van der Waals surface area contributed by atoms with Crippen LogP contribution in [0.4, 0.5) is 4.79 Å². The Kier molecular flexibility index (Phi) is 7.18. The van der Waals surface area contributed by atoms with Crippen molar-refractivity contribution < 1.29 is 14.4 Å². The predicted molar refractivity (Wildman–Crippen MR) is 115 cm³/mol. The highest BCUT2D eigenvalue weighted by Crippen LogP contribution is 2.34. The Labute approximate surface area is 180 Å². The number of aryl methyl sites for hydroxylation is 1. The maximum absolute atomic E-state index is 12.5. The summed E-state index contributed by atoms with van der Waals surface area (Å²) < 4.78 is 0. The summed E-state index contributed by atoms with van der Waals surface area (Å²) in [6.45, 7) is 0.336. The molecule has 0 saturated carbocycles. The number of hydrogen-bond acceptors (Lipinski definition) is 5. The number of thioether (sulfide) groups is 1. The van der Waals surface area contributed by atoms with Crippen molar-refractivity contribution in [2.45, 2.75) is 12.8 Å². The molecule has 0 radical (unpaired) electrons. The van der Waals surface area contributed by atoms with Crippen molar-refractivity contribution >= 4 is 69.4 Å². The van der Waals surface area contributed by atoms with E-state index in [0.717, 1.165) is 21.5 Å². The molecule has 0 atom stereocenters. The van der Waals surface area contributed by atoms with Crippen LogP contribution in [-0.4, -0.2) is 35.0 Å². The number of carbonyl (C=O) groups excluding carboxylic acids is 3. The maximum Gasteiger partial charge on any atom is 0.293 e. The lowest BCUT2D eigenvalue weighted by Gasteiger charge is -2.13. The molecule has 9 heteroatoms. The SMILES string of the molecule is O=C(CCc1cccs1)NCCN1C(=O)S/C(=C\c2cccc(Cl)c2Cl)C1=O. The fourth-order valence-electron chi connectivity index (χ4n) is 2.55. The standard InChI is InChI=1S/C19H16Cl2N2O3S2/c20-14-5-1-3-12(17(14)21)11-15-18(25)23(19(26)28-15)9-8-22-16(24)7-6-13-4-2-10-27-13/h1-5,10-11H,6-9H2,(H,22,24)/b15-11-. The van der Waals surface area contributed by atoms with Gasteiger partial charge < -0.3 is 5.32 Å². The van der Waals surface area contributed by atoms with Gasteiger partial charge in [0.2, 0.25) is 5.91 Å². The molecular weight excluding hydrogens is 439 g/mol. The Bertz CT molecular complexity index is 929. The summed E-state index contributed by atoms with van der Waals surface area (Å²) in [6, 6.07) is 9.01. The number of benzene rings is 1. The van der Waals surface area contributed by atoms with Gasteiger partial charge in [-0.1, -0.05) is 41.4 Å². The van der Waals surface area contributed by atoms with Crippen LogP contribution in [-0.2, 0) is 16.0 Å². The van der Waals surface area contributed by atoms with Crippen LogP contribution in [0.2, 0.25) is 10.0 Å². The number of halogens is 2. The minimum Gasteiger partial charge on any atom is -0.354 e. The van der Waals surface area contributed by atoms with E-state index in [2.05, 4.69) is 5.32 Å². The first-order valence-electron chi connectivity index (χ1n) is 8.44. The van der Waals surface area contributed by atoms with E-state index in [-0.39, 0.29) is 29.1 Å². The Hall–Kier alpha value is -1.80. The molecule has 1 aromatic heterocycles. The largest absolute Gasteiger partial charge is 0.354 e. The van der Waals surface area contributed by atoms with Gasteiger partial charge in [0.25, 0.3) is 11.1 Å². The molecular formula is C19H16Cl2N2O3S2. The van der Waals surface area contributed by atoms with Crippen LogP contribution in [0, 0.1) is 0 Å². The second kappa shape index (κ2) is 9.60. The second-order valence-corrected chi connectivity index (χ2v) is 8.72. The number of imide groups is 1. The first-order chi connectivity index (χ1) is 13.5. The van der Waals surface area contributed by atoms with Crippen molar-refractivity contribution in [1.82, 2.24) is 10.2 Å². The molecule has 0 bridgehead atoms. The molecule has 2 heterocycles. The summed E-state index contributed by atoms with van der Waals surface area (Å²) in [6.07, 6.45) is 2.60. The fourth-order valence-corrected chi connectivity index (χ4v) is 4.48. The van der Waals surface area contributed by atoms with Gasteiger partial charge in [0, 0.05) is 24.4 Å². The quantitative estimate of drug-likeness (QED) is 0.607. The summed E-state index contributed by atoms with van der Waals surface area (Å²) in [5, 5.41) is 5.05. The number of rotatable bonds is 7. The second-order valence-electron chi connectivity index (χ2n) is 5.91. The van der Waals surface area contributed by atoms with Crippen LogP contribution in [0.15, 0.2) is 40.6 Å². The number of carbonyl (C=O) groups is 3. The van der Waals surface area contributed by atoms with Crippen molar-refractivity contribution in [3.63, 3.8) is 0 Å². The topological polar surface area (TPSA) is 66.5 Å². The third-order valence-corrected chi connectivity index (χ3v) is 6.65. The van der Waals surface area contributed by atoms with Crippen LogP contribution >= 0.6 is 46.3 Å². The average molecular weight is 455 g/mol. The zero-order valence-corrected chi connectivity index (χ0v) is 17.8. The lowest BCUT2D eigenvalue weighted by molar-refractivity contribution is -0.124. The molecule has 28 heavy (non-hydrogen) atoms. The van der Waals surface area contributed by atoms with Gasteiger partial charge in [0.15, 0.2) is 0 Å². The molecule has 1 aliphatic heterocycles. The first-order valence-corrected chi connectivity index (χ1v) is 10.9. The van der Waals surface area contributed by atoms with Crippen LogP contribution in [0.1, 0.15) is 16.9 Å². The highest BCUT2D eigenvalue weighted by atomic mass is 35.5. The van der Waals surface area contributed by atoms with Gasteiger partial charge in [0.05, 0.1) is 15.0 Å². The van der Waals surface area contributed by atoms with Gasteiger partial charge in [-0.05, 0) is 47.3 Å². The van der Waals surface area contributed by atoms with Crippen molar-refractivity contribution in [1.29, 1.82) is 0 Å². The number of thiophene rings is 1. The lowest BCUT2D eigenvalue weighted by Crippen LogP contribution is -2.37. The van der Waals surface area contributed by atoms with Crippen LogP contribution in [0.25, 0.3) is 6.08 Å². The predicted octanol–water partition coefficient (Wildman–Crippen LogP) is 4.84. The summed E-state index contributed by atoms with van der Waals surface area (Å²) in [4.78, 5) is 39.1. The van der Waals surface area contributed by atoms with Crippen molar-refractivity contribution in [2.75, 3.05) is 13.1 Å². The van der Waals surface area contributed by atoms with E-state index in [0.29, 0.717) is 28.5 Å². The maximum atomic E-state index is 12.5. The normalized spacial score (nSPS) is 15.5. The summed E-state index contributed by atoms with van der Waals surface area (Å²) in [7, 11) is 0. The molecule has 3 amide bonds. The van der Waals surface area contributed by atoms with E-state index >= 15 is 0 Å². The Balaban J connectivity index is 1.53. The molecule has 3 rings (SSSR count). The summed E-state index contributed by atoms with van der Waals surface area (Å²) in [5.41, 5.74) is 0.571. The molecule has 2 aromatic rings. The Morgan fingerprint density at radius 2 is 2.00 bits per heavy atom. The average Bonchev–Trinajstić information content (AvgIpc) is 3.27. The fraction of sp³-hybridized carbons (Fsp3) is 0.211. The van der Waals surface area contributed by atoms with E-state index < -0.39 is 5.91 Å². The Morgan fingerprint density at radius 1 is 1.18 bits per heavy atom.